The fraction of sp³-hybridized carbons (Fsp3) is 0.312. The average molecular weight is 357 g/mol. The lowest BCUT2D eigenvalue weighted by Crippen LogP contribution is -2.22. The largest absolute Gasteiger partial charge is 0.290 e. The molecule has 0 aliphatic heterocycles. The number of nitrogens with one attached hydrogen (secondary N) is 1. The fourth-order valence-corrected chi connectivity index (χ4v) is 4.05. The summed E-state index contributed by atoms with van der Waals surface area (Å²) in [5.41, 5.74) is 2.64. The molecular formula is C16H15N5O3S. The second-order valence-corrected chi connectivity index (χ2v) is 6.89. The molecule has 0 saturated carbocycles. The van der Waals surface area contributed by atoms with Gasteiger partial charge in [-0.05, 0) is 31.2 Å². The molecule has 0 unspecified atom stereocenters. The maximum absolute atomic E-state index is 12.2. The molecular weight excluding hydrogens is 342 g/mol. The molecule has 25 heavy (non-hydrogen) atoms. The van der Waals surface area contributed by atoms with Gasteiger partial charge in [0.25, 0.3) is 11.2 Å². The van der Waals surface area contributed by atoms with E-state index in [4.69, 9.17) is 0 Å². The van der Waals surface area contributed by atoms with Crippen molar-refractivity contribution in [1.82, 2.24) is 19.6 Å². The van der Waals surface area contributed by atoms with Gasteiger partial charge >= 0.3 is 0 Å². The van der Waals surface area contributed by atoms with E-state index in [0.29, 0.717) is 16.7 Å². The topological polar surface area (TPSA) is 106 Å². The zero-order chi connectivity index (χ0) is 17.4. The molecule has 0 atom stereocenters. The first-order valence-corrected chi connectivity index (χ1v) is 8.97. The van der Waals surface area contributed by atoms with Crippen molar-refractivity contribution in [2.45, 2.75) is 36.6 Å². The highest BCUT2D eigenvalue weighted by Crippen LogP contribution is 2.26. The number of non-ortho nitro benzene ring substituents is 1. The molecule has 9 heteroatoms. The maximum Gasteiger partial charge on any atom is 0.269 e. The summed E-state index contributed by atoms with van der Waals surface area (Å²) in [5, 5.41) is 19.8. The van der Waals surface area contributed by atoms with E-state index in [0.717, 1.165) is 42.5 Å². The maximum atomic E-state index is 12.2. The lowest BCUT2D eigenvalue weighted by atomic mass is 9.97. The van der Waals surface area contributed by atoms with Crippen molar-refractivity contribution in [3.05, 3.63) is 61.6 Å². The number of rotatable bonds is 4. The highest BCUT2D eigenvalue weighted by molar-refractivity contribution is 7.98. The molecule has 0 radical (unpaired) electrons. The molecule has 0 saturated heterocycles. The fourth-order valence-electron chi connectivity index (χ4n) is 3.15. The molecule has 3 aromatic rings. The van der Waals surface area contributed by atoms with Crippen molar-refractivity contribution in [2.75, 3.05) is 0 Å². The molecule has 4 rings (SSSR count). The molecule has 1 aromatic carbocycles. The van der Waals surface area contributed by atoms with Crippen LogP contribution in [0.15, 0.2) is 34.2 Å². The Hall–Kier alpha value is -2.68. The van der Waals surface area contributed by atoms with E-state index in [-0.39, 0.29) is 11.2 Å². The third-order valence-corrected chi connectivity index (χ3v) is 5.33. The molecule has 0 fully saturated rings. The minimum absolute atomic E-state index is 0.0749. The lowest BCUT2D eigenvalue weighted by Gasteiger charge is -2.16. The smallest absolute Gasteiger partial charge is 0.269 e. The number of H-pyrrole nitrogens is 1. The quantitative estimate of drug-likeness (QED) is 0.437. The first kappa shape index (κ1) is 15.8. The number of nitro groups is 1. The molecule has 0 amide bonds. The number of nitro benzene ring substituents is 1. The zero-order valence-electron chi connectivity index (χ0n) is 13.3. The van der Waals surface area contributed by atoms with Crippen LogP contribution in [0.25, 0.3) is 5.78 Å². The van der Waals surface area contributed by atoms with Crippen molar-refractivity contribution in [3.63, 3.8) is 0 Å². The number of aryl methyl sites for hydroxylation is 1. The van der Waals surface area contributed by atoms with Crippen LogP contribution in [0.3, 0.4) is 0 Å². The van der Waals surface area contributed by atoms with Crippen LogP contribution in [-0.2, 0) is 18.6 Å². The van der Waals surface area contributed by atoms with E-state index in [1.807, 2.05) is 10.5 Å². The van der Waals surface area contributed by atoms with Crippen LogP contribution in [0.1, 0.15) is 29.7 Å². The molecule has 128 valence electrons. The zero-order valence-corrected chi connectivity index (χ0v) is 14.1. The monoisotopic (exact) mass is 357 g/mol. The summed E-state index contributed by atoms with van der Waals surface area (Å²) in [6.45, 7) is 0. The van der Waals surface area contributed by atoms with Gasteiger partial charge in [0.2, 0.25) is 5.78 Å². The molecule has 8 nitrogen and oxygen atoms in total. The van der Waals surface area contributed by atoms with E-state index in [2.05, 4.69) is 15.2 Å². The Labute approximate surface area is 146 Å². The summed E-state index contributed by atoms with van der Waals surface area (Å²) in [6, 6.07) is 6.56. The van der Waals surface area contributed by atoms with E-state index >= 15 is 0 Å². The number of hydrogen-bond acceptors (Lipinski definition) is 6. The first-order valence-electron chi connectivity index (χ1n) is 7.99. The number of fused-ring (bicyclic) bond motifs is 3. The van der Waals surface area contributed by atoms with Gasteiger partial charge in [-0.2, -0.15) is 0 Å². The molecule has 1 N–H and O–H groups in total. The van der Waals surface area contributed by atoms with Gasteiger partial charge < -0.3 is 0 Å². The summed E-state index contributed by atoms with van der Waals surface area (Å²) in [5.74, 6) is 0.989. The van der Waals surface area contributed by atoms with Gasteiger partial charge in [0.1, 0.15) is 0 Å². The summed E-state index contributed by atoms with van der Waals surface area (Å²) in [7, 11) is 0. The normalized spacial score (nSPS) is 13.8. The van der Waals surface area contributed by atoms with Crippen molar-refractivity contribution >= 4 is 23.2 Å². The molecule has 1 aliphatic carbocycles. The van der Waals surface area contributed by atoms with Crippen molar-refractivity contribution < 1.29 is 4.92 Å². The molecule has 2 aromatic heterocycles. The summed E-state index contributed by atoms with van der Waals surface area (Å²) in [6.07, 6.45) is 3.66. The third-order valence-electron chi connectivity index (χ3n) is 4.33. The summed E-state index contributed by atoms with van der Waals surface area (Å²) < 4.78 is 1.91. The number of aromatic nitrogens is 4. The van der Waals surface area contributed by atoms with Crippen LogP contribution in [0.2, 0.25) is 0 Å². The average Bonchev–Trinajstić information content (AvgIpc) is 3.03. The number of thioether (sulfide) groups is 1. The number of aromatic amines is 1. The van der Waals surface area contributed by atoms with Gasteiger partial charge in [-0.25, -0.2) is 0 Å². The minimum atomic E-state index is -0.401. The van der Waals surface area contributed by atoms with Crippen LogP contribution in [-0.4, -0.2) is 24.5 Å². The predicted octanol–water partition coefficient (Wildman–Crippen LogP) is 2.50. The lowest BCUT2D eigenvalue weighted by molar-refractivity contribution is -0.384. The molecule has 1 aliphatic rings. The van der Waals surface area contributed by atoms with Crippen LogP contribution < -0.4 is 5.56 Å². The SMILES string of the molecule is O=c1[nH]c2nnc(SCc3cccc([N+](=O)[O-])c3)n2c2c1CCCC2. The van der Waals surface area contributed by atoms with Gasteiger partial charge in [0.05, 0.1) is 4.92 Å². The van der Waals surface area contributed by atoms with Crippen molar-refractivity contribution in [2.24, 2.45) is 0 Å². The van der Waals surface area contributed by atoms with E-state index in [1.165, 1.54) is 17.8 Å². The second-order valence-electron chi connectivity index (χ2n) is 5.94. The Morgan fingerprint density at radius 3 is 2.96 bits per heavy atom. The number of benzene rings is 1. The van der Waals surface area contributed by atoms with E-state index in [1.54, 1.807) is 12.1 Å². The Morgan fingerprint density at radius 2 is 2.12 bits per heavy atom. The molecule has 0 spiro atoms. The third kappa shape index (κ3) is 2.91. The van der Waals surface area contributed by atoms with Crippen LogP contribution in [0, 0.1) is 10.1 Å². The van der Waals surface area contributed by atoms with Crippen LogP contribution >= 0.6 is 11.8 Å². The second kappa shape index (κ2) is 6.32. The Balaban J connectivity index is 1.67. The van der Waals surface area contributed by atoms with E-state index in [9.17, 15) is 14.9 Å². The first-order chi connectivity index (χ1) is 12.1. The van der Waals surface area contributed by atoms with Gasteiger partial charge in [-0.1, -0.05) is 23.9 Å². The minimum Gasteiger partial charge on any atom is -0.290 e. The highest BCUT2D eigenvalue weighted by atomic mass is 32.2. The van der Waals surface area contributed by atoms with Gasteiger partial charge in [-0.15, -0.1) is 10.2 Å². The van der Waals surface area contributed by atoms with Crippen LogP contribution in [0.4, 0.5) is 5.69 Å². The summed E-state index contributed by atoms with van der Waals surface area (Å²) >= 11 is 1.45. The van der Waals surface area contributed by atoms with Crippen LogP contribution in [0.5, 0.6) is 0 Å². The highest BCUT2D eigenvalue weighted by Gasteiger charge is 2.20. The van der Waals surface area contributed by atoms with Crippen molar-refractivity contribution in [3.8, 4) is 0 Å². The van der Waals surface area contributed by atoms with Gasteiger partial charge in [0, 0.05) is 29.1 Å². The molecule has 0 bridgehead atoms. The standard InChI is InChI=1S/C16H15N5O3S/c22-14-12-6-1-2-7-13(12)20-15(17-14)18-19-16(20)25-9-10-4-3-5-11(8-10)21(23)24/h3-5,8H,1-2,6-7,9H2,(H,17,18,22). The predicted molar refractivity (Wildman–Crippen MR) is 92.9 cm³/mol. The van der Waals surface area contributed by atoms with E-state index < -0.39 is 4.92 Å². The van der Waals surface area contributed by atoms with Crippen molar-refractivity contribution in [1.29, 1.82) is 0 Å². The van der Waals surface area contributed by atoms with Gasteiger partial charge in [-0.3, -0.25) is 24.3 Å². The number of hydrogen-bond donors (Lipinski definition) is 1. The Kier molecular flexibility index (Phi) is 4.00. The van der Waals surface area contributed by atoms with Gasteiger partial charge in [0.15, 0.2) is 5.16 Å². The Morgan fingerprint density at radius 1 is 1.28 bits per heavy atom. The number of nitrogens with zero attached hydrogens (tertiary/aromatic N) is 4. The summed E-state index contributed by atoms with van der Waals surface area (Å²) in [4.78, 5) is 25.4. The Bertz CT molecular complexity index is 1030. The molecule has 2 heterocycles.